The second-order valence-electron chi connectivity index (χ2n) is 4.76. The van der Waals surface area contributed by atoms with Crippen molar-refractivity contribution >= 4 is 12.4 Å². The quantitative estimate of drug-likeness (QED) is 0.524. The second kappa shape index (κ2) is 10.1. The van der Waals surface area contributed by atoms with Gasteiger partial charge in [-0.25, -0.2) is 0 Å². The summed E-state index contributed by atoms with van der Waals surface area (Å²) in [6.45, 7) is 0. The monoisotopic (exact) mass is 288 g/mol. The predicted molar refractivity (Wildman–Crippen MR) is 95.6 cm³/mol. The van der Waals surface area contributed by atoms with Crippen LogP contribution < -0.4 is 0 Å². The molecule has 0 spiro atoms. The van der Waals surface area contributed by atoms with Gasteiger partial charge in [0.1, 0.15) is 0 Å². The molecule has 0 aliphatic carbocycles. The molecule has 2 heteroatoms. The Bertz CT molecular complexity index is 578. The fourth-order valence-corrected chi connectivity index (χ4v) is 1.91. The molecule has 2 aromatic rings. The topological polar surface area (TPSA) is 24.7 Å². The van der Waals surface area contributed by atoms with Crippen molar-refractivity contribution in [3.8, 4) is 0 Å². The van der Waals surface area contributed by atoms with Crippen LogP contribution >= 0.6 is 0 Å². The molecule has 0 unspecified atom stereocenters. The van der Waals surface area contributed by atoms with Gasteiger partial charge in [0.15, 0.2) is 0 Å². The molecule has 2 aromatic carbocycles. The van der Waals surface area contributed by atoms with Gasteiger partial charge in [-0.3, -0.25) is 0 Å². The van der Waals surface area contributed by atoms with E-state index in [1.807, 2.05) is 48.6 Å². The molecule has 0 fully saturated rings. The molecular formula is C20H20N2. The third-order valence-electron chi connectivity index (χ3n) is 3.04. The number of allylic oxidation sites excluding steroid dienone is 4. The summed E-state index contributed by atoms with van der Waals surface area (Å²) in [5.74, 6) is 0. The molecule has 0 bridgehead atoms. The maximum absolute atomic E-state index is 3.95. The van der Waals surface area contributed by atoms with Crippen LogP contribution in [0.1, 0.15) is 11.1 Å². The first-order valence-corrected chi connectivity index (χ1v) is 7.39. The molecule has 0 atom stereocenters. The van der Waals surface area contributed by atoms with Crippen molar-refractivity contribution < 1.29 is 0 Å². The third kappa shape index (κ3) is 6.62. The van der Waals surface area contributed by atoms with E-state index in [4.69, 9.17) is 0 Å². The van der Waals surface area contributed by atoms with Gasteiger partial charge < -0.3 is 0 Å². The highest BCUT2D eigenvalue weighted by atomic mass is 15.2. The number of hydrogen-bond acceptors (Lipinski definition) is 2. The molecule has 2 nitrogen and oxygen atoms in total. The van der Waals surface area contributed by atoms with E-state index in [2.05, 4.69) is 46.6 Å². The van der Waals surface area contributed by atoms with Crippen molar-refractivity contribution in [1.82, 2.24) is 0 Å². The minimum absolute atomic E-state index is 0.910. The van der Waals surface area contributed by atoms with E-state index < -0.39 is 0 Å². The van der Waals surface area contributed by atoms with Crippen molar-refractivity contribution in [2.45, 2.75) is 12.8 Å². The fraction of sp³-hybridized carbons (Fsp3) is 0.100. The zero-order chi connectivity index (χ0) is 15.3. The average molecular weight is 288 g/mol. The van der Waals surface area contributed by atoms with Gasteiger partial charge in [0.2, 0.25) is 0 Å². The highest BCUT2D eigenvalue weighted by molar-refractivity contribution is 5.74. The first-order valence-electron chi connectivity index (χ1n) is 7.39. The van der Waals surface area contributed by atoms with E-state index >= 15 is 0 Å². The normalized spacial score (nSPS) is 12.2. The Morgan fingerprint density at radius 2 is 1.00 bits per heavy atom. The van der Waals surface area contributed by atoms with Gasteiger partial charge in [-0.05, 0) is 36.1 Å². The van der Waals surface area contributed by atoms with Gasteiger partial charge in [0.25, 0.3) is 0 Å². The van der Waals surface area contributed by atoms with E-state index in [-0.39, 0.29) is 0 Å². The zero-order valence-electron chi connectivity index (χ0n) is 12.5. The number of rotatable bonds is 7. The lowest BCUT2D eigenvalue weighted by Crippen LogP contribution is -1.78. The summed E-state index contributed by atoms with van der Waals surface area (Å²) < 4.78 is 0. The predicted octanol–water partition coefficient (Wildman–Crippen LogP) is 4.64. The Kier molecular flexibility index (Phi) is 7.15. The Balaban J connectivity index is 1.64. The van der Waals surface area contributed by atoms with Crippen LogP contribution in [0.4, 0.5) is 0 Å². The Morgan fingerprint density at radius 1 is 0.591 bits per heavy atom. The average Bonchev–Trinajstić information content (AvgIpc) is 2.58. The summed E-state index contributed by atoms with van der Waals surface area (Å²) in [7, 11) is 0. The largest absolute Gasteiger partial charge is 0.159 e. The molecule has 0 heterocycles. The van der Waals surface area contributed by atoms with E-state index in [0.717, 1.165) is 12.8 Å². The van der Waals surface area contributed by atoms with Crippen molar-refractivity contribution in [2.75, 3.05) is 0 Å². The highest BCUT2D eigenvalue weighted by Gasteiger charge is 1.85. The first kappa shape index (κ1) is 15.6. The Hall–Kier alpha value is -2.74. The van der Waals surface area contributed by atoms with Crippen LogP contribution in [0.15, 0.2) is 95.2 Å². The van der Waals surface area contributed by atoms with Crippen LogP contribution in [-0.4, -0.2) is 12.4 Å². The van der Waals surface area contributed by atoms with Crippen molar-refractivity contribution in [3.05, 3.63) is 96.1 Å². The standard InChI is InChI=1S/C20H20N2/c1-3-11-19(12-4-1)15-7-9-17-21-22-18-10-8-16-20-13-5-2-6-14-20/h1-14,17-18H,15-16H2/b9-7+,10-8+,21-17+,22-18+. The molecule has 0 radical (unpaired) electrons. The van der Waals surface area contributed by atoms with Gasteiger partial charge in [-0.1, -0.05) is 72.8 Å². The summed E-state index contributed by atoms with van der Waals surface area (Å²) in [6, 6.07) is 20.7. The van der Waals surface area contributed by atoms with E-state index in [1.165, 1.54) is 11.1 Å². The van der Waals surface area contributed by atoms with Crippen LogP contribution in [0, 0.1) is 0 Å². The second-order valence-corrected chi connectivity index (χ2v) is 4.76. The SMILES string of the molecule is C(=C\Cc1ccccc1)/C=N/N=C/C=C/Cc1ccccc1. The van der Waals surface area contributed by atoms with Crippen molar-refractivity contribution in [3.63, 3.8) is 0 Å². The summed E-state index contributed by atoms with van der Waals surface area (Å²) in [6.07, 6.45) is 13.2. The van der Waals surface area contributed by atoms with Crippen LogP contribution in [0.25, 0.3) is 0 Å². The maximum atomic E-state index is 3.95. The molecule has 0 aliphatic heterocycles. The van der Waals surface area contributed by atoms with E-state index in [9.17, 15) is 0 Å². The number of nitrogens with zero attached hydrogens (tertiary/aromatic N) is 2. The van der Waals surface area contributed by atoms with Gasteiger partial charge in [0, 0.05) is 12.4 Å². The van der Waals surface area contributed by atoms with Crippen LogP contribution in [0.5, 0.6) is 0 Å². The molecule has 0 amide bonds. The van der Waals surface area contributed by atoms with Crippen LogP contribution in [0.2, 0.25) is 0 Å². The van der Waals surface area contributed by atoms with Gasteiger partial charge in [0.05, 0.1) is 0 Å². The molecule has 0 saturated heterocycles. The van der Waals surface area contributed by atoms with E-state index in [1.54, 1.807) is 12.4 Å². The summed E-state index contributed by atoms with van der Waals surface area (Å²) in [4.78, 5) is 0. The molecular weight excluding hydrogens is 268 g/mol. The van der Waals surface area contributed by atoms with Crippen LogP contribution in [-0.2, 0) is 12.8 Å². The summed E-state index contributed by atoms with van der Waals surface area (Å²) in [5.41, 5.74) is 2.58. The van der Waals surface area contributed by atoms with Crippen LogP contribution in [0.3, 0.4) is 0 Å². The zero-order valence-corrected chi connectivity index (χ0v) is 12.5. The van der Waals surface area contributed by atoms with E-state index in [0.29, 0.717) is 0 Å². The summed E-state index contributed by atoms with van der Waals surface area (Å²) >= 11 is 0. The Labute approximate surface area is 132 Å². The van der Waals surface area contributed by atoms with Crippen molar-refractivity contribution in [1.29, 1.82) is 0 Å². The van der Waals surface area contributed by atoms with Gasteiger partial charge in [-0.2, -0.15) is 10.2 Å². The molecule has 0 saturated carbocycles. The number of hydrogen-bond donors (Lipinski definition) is 0. The minimum atomic E-state index is 0.910. The Morgan fingerprint density at radius 3 is 1.41 bits per heavy atom. The smallest absolute Gasteiger partial charge is 0.0492 e. The molecule has 22 heavy (non-hydrogen) atoms. The lowest BCUT2D eigenvalue weighted by Gasteiger charge is -1.92. The van der Waals surface area contributed by atoms with Gasteiger partial charge >= 0.3 is 0 Å². The molecule has 110 valence electrons. The third-order valence-corrected chi connectivity index (χ3v) is 3.04. The maximum Gasteiger partial charge on any atom is 0.0492 e. The lowest BCUT2D eigenvalue weighted by molar-refractivity contribution is 1.25. The van der Waals surface area contributed by atoms with Gasteiger partial charge in [-0.15, -0.1) is 0 Å². The highest BCUT2D eigenvalue weighted by Crippen LogP contribution is 2.00. The fourth-order valence-electron chi connectivity index (χ4n) is 1.91. The molecule has 0 N–H and O–H groups in total. The number of benzene rings is 2. The minimum Gasteiger partial charge on any atom is -0.159 e. The molecule has 2 rings (SSSR count). The molecule has 0 aliphatic rings. The summed E-state index contributed by atoms with van der Waals surface area (Å²) in [5, 5.41) is 7.91. The molecule has 0 aromatic heterocycles. The first-order chi connectivity index (χ1) is 10.9. The lowest BCUT2D eigenvalue weighted by atomic mass is 10.1. The van der Waals surface area contributed by atoms with Crippen molar-refractivity contribution in [2.24, 2.45) is 10.2 Å².